The second-order valence-corrected chi connectivity index (χ2v) is 5.58. The first-order chi connectivity index (χ1) is 11.3. The van der Waals surface area contributed by atoms with E-state index in [1.165, 1.54) is 5.56 Å². The molecule has 0 aliphatic carbocycles. The number of hydrogen-bond donors (Lipinski definition) is 1. The van der Waals surface area contributed by atoms with Crippen LogP contribution in [0.5, 0.6) is 0 Å². The molecule has 0 saturated heterocycles. The lowest BCUT2D eigenvalue weighted by Gasteiger charge is -2.24. The Hall–Kier alpha value is -2.72. The molecular formula is C19H17N3S. The summed E-state index contributed by atoms with van der Waals surface area (Å²) >= 11 is 5.27. The molecule has 1 heterocycles. The highest BCUT2D eigenvalue weighted by molar-refractivity contribution is 7.80. The highest BCUT2D eigenvalue weighted by atomic mass is 32.1. The first-order valence-corrected chi connectivity index (χ1v) is 7.79. The van der Waals surface area contributed by atoms with Gasteiger partial charge in [0.1, 0.15) is 5.82 Å². The summed E-state index contributed by atoms with van der Waals surface area (Å²) in [4.78, 5) is 6.34. The molecular weight excluding hydrogens is 302 g/mol. The molecule has 2 N–H and O–H groups in total. The number of pyridine rings is 1. The molecule has 0 fully saturated rings. The molecule has 0 aliphatic heterocycles. The van der Waals surface area contributed by atoms with Crippen LogP contribution in [0.2, 0.25) is 0 Å². The normalized spacial score (nSPS) is 10.3. The summed E-state index contributed by atoms with van der Waals surface area (Å²) in [5, 5.41) is 0.282. The van der Waals surface area contributed by atoms with E-state index in [0.717, 1.165) is 23.5 Å². The summed E-state index contributed by atoms with van der Waals surface area (Å²) < 4.78 is 0. The lowest BCUT2D eigenvalue weighted by molar-refractivity contribution is 1.11. The molecule has 114 valence electrons. The van der Waals surface area contributed by atoms with E-state index in [1.807, 2.05) is 59.5 Å². The topological polar surface area (TPSA) is 42.1 Å². The summed E-state index contributed by atoms with van der Waals surface area (Å²) in [6, 6.07) is 24.1. The lowest BCUT2D eigenvalue weighted by atomic mass is 10.1. The zero-order valence-corrected chi connectivity index (χ0v) is 13.4. The summed E-state index contributed by atoms with van der Waals surface area (Å²) in [6.07, 6.45) is 2.54. The third kappa shape index (κ3) is 3.55. The maximum absolute atomic E-state index is 5.98. The Morgan fingerprint density at radius 2 is 1.57 bits per heavy atom. The summed E-state index contributed by atoms with van der Waals surface area (Å²) in [6.45, 7) is 0. The summed E-state index contributed by atoms with van der Waals surface area (Å²) in [5.41, 5.74) is 9.19. The predicted molar refractivity (Wildman–Crippen MR) is 98.9 cm³/mol. The molecule has 3 nitrogen and oxygen atoms in total. The van der Waals surface area contributed by atoms with Crippen LogP contribution in [-0.2, 0) is 6.42 Å². The molecule has 0 radical (unpaired) electrons. The van der Waals surface area contributed by atoms with Crippen LogP contribution in [0.25, 0.3) is 0 Å². The van der Waals surface area contributed by atoms with Crippen LogP contribution in [0.15, 0.2) is 79.0 Å². The molecule has 2 aromatic carbocycles. The highest BCUT2D eigenvalue weighted by Crippen LogP contribution is 2.27. The monoisotopic (exact) mass is 319 g/mol. The van der Waals surface area contributed by atoms with Crippen LogP contribution in [0, 0.1) is 0 Å². The largest absolute Gasteiger partial charge is 0.376 e. The number of anilines is 2. The maximum atomic E-state index is 5.98. The number of para-hydroxylation sites is 1. The van der Waals surface area contributed by atoms with Crippen LogP contribution in [-0.4, -0.2) is 10.1 Å². The quantitative estimate of drug-likeness (QED) is 0.737. The minimum Gasteiger partial charge on any atom is -0.376 e. The van der Waals surface area contributed by atoms with Gasteiger partial charge in [-0.15, -0.1) is 0 Å². The lowest BCUT2D eigenvalue weighted by Crippen LogP contribution is -2.32. The number of rotatable bonds is 4. The Morgan fingerprint density at radius 1 is 0.913 bits per heavy atom. The van der Waals surface area contributed by atoms with Gasteiger partial charge in [-0.3, -0.25) is 4.90 Å². The van der Waals surface area contributed by atoms with Crippen molar-refractivity contribution < 1.29 is 0 Å². The molecule has 1 aromatic heterocycles. The van der Waals surface area contributed by atoms with Crippen molar-refractivity contribution in [2.75, 3.05) is 4.90 Å². The number of benzene rings is 2. The fraction of sp³-hybridized carbons (Fsp3) is 0.0526. The van der Waals surface area contributed by atoms with Crippen LogP contribution < -0.4 is 10.6 Å². The number of thiocarbonyl (C=S) groups is 1. The van der Waals surface area contributed by atoms with Gasteiger partial charge in [0.15, 0.2) is 5.11 Å². The maximum Gasteiger partial charge on any atom is 0.176 e. The van der Waals surface area contributed by atoms with E-state index >= 15 is 0 Å². The fourth-order valence-electron chi connectivity index (χ4n) is 2.52. The Bertz CT molecular complexity index is 788. The molecule has 0 aliphatic rings. The van der Waals surface area contributed by atoms with Crippen molar-refractivity contribution in [1.82, 2.24) is 4.98 Å². The second-order valence-electron chi connectivity index (χ2n) is 5.16. The highest BCUT2D eigenvalue weighted by Gasteiger charge is 2.17. The van der Waals surface area contributed by atoms with Gasteiger partial charge >= 0.3 is 0 Å². The molecule has 0 unspecified atom stereocenters. The zero-order chi connectivity index (χ0) is 16.1. The van der Waals surface area contributed by atoms with Crippen molar-refractivity contribution in [1.29, 1.82) is 0 Å². The molecule has 3 aromatic rings. The summed E-state index contributed by atoms with van der Waals surface area (Å²) in [7, 11) is 0. The van der Waals surface area contributed by atoms with Crippen molar-refractivity contribution in [3.05, 3.63) is 90.1 Å². The number of nitrogens with two attached hydrogens (primary N) is 1. The average molecular weight is 319 g/mol. The van der Waals surface area contributed by atoms with Gasteiger partial charge in [-0.25, -0.2) is 4.98 Å². The van der Waals surface area contributed by atoms with E-state index in [0.29, 0.717) is 0 Å². The Kier molecular flexibility index (Phi) is 4.64. The smallest absolute Gasteiger partial charge is 0.176 e. The van der Waals surface area contributed by atoms with Crippen molar-refractivity contribution in [3.8, 4) is 0 Å². The van der Waals surface area contributed by atoms with Crippen LogP contribution in [0.4, 0.5) is 11.5 Å². The number of nitrogens with zero attached hydrogens (tertiary/aromatic N) is 2. The summed E-state index contributed by atoms with van der Waals surface area (Å²) in [5.74, 6) is 0.773. The van der Waals surface area contributed by atoms with Crippen molar-refractivity contribution in [3.63, 3.8) is 0 Å². The molecule has 0 saturated carbocycles. The molecule has 3 rings (SSSR count). The number of aromatic nitrogens is 1. The first-order valence-electron chi connectivity index (χ1n) is 7.38. The Balaban J connectivity index is 2.03. The van der Waals surface area contributed by atoms with Crippen LogP contribution in [0.3, 0.4) is 0 Å². The minimum atomic E-state index is 0.282. The third-order valence-electron chi connectivity index (χ3n) is 3.55. The van der Waals surface area contributed by atoms with Gasteiger partial charge in [-0.1, -0.05) is 54.6 Å². The van der Waals surface area contributed by atoms with Crippen LogP contribution in [0.1, 0.15) is 11.1 Å². The Morgan fingerprint density at radius 3 is 2.22 bits per heavy atom. The second kappa shape index (κ2) is 7.03. The molecule has 0 spiro atoms. The van der Waals surface area contributed by atoms with Crippen molar-refractivity contribution in [2.45, 2.75) is 6.42 Å². The number of hydrogen-bond acceptors (Lipinski definition) is 2. The van der Waals surface area contributed by atoms with E-state index in [9.17, 15) is 0 Å². The van der Waals surface area contributed by atoms with Gasteiger partial charge in [0.2, 0.25) is 0 Å². The van der Waals surface area contributed by atoms with Gasteiger partial charge in [0.25, 0.3) is 0 Å². The molecule has 0 bridgehead atoms. The van der Waals surface area contributed by atoms with Gasteiger partial charge in [-0.2, -0.15) is 0 Å². The zero-order valence-electron chi connectivity index (χ0n) is 12.6. The molecule has 0 atom stereocenters. The van der Waals surface area contributed by atoms with E-state index in [-0.39, 0.29) is 5.11 Å². The van der Waals surface area contributed by atoms with Gasteiger partial charge in [0.05, 0.1) is 0 Å². The predicted octanol–water partition coefficient (Wildman–Crippen LogP) is 4.05. The fourth-order valence-corrected chi connectivity index (χ4v) is 2.71. The molecule has 4 heteroatoms. The minimum absolute atomic E-state index is 0.282. The van der Waals surface area contributed by atoms with E-state index in [2.05, 4.69) is 23.2 Å². The van der Waals surface area contributed by atoms with Gasteiger partial charge in [-0.05, 0) is 41.5 Å². The Labute approximate surface area is 141 Å². The van der Waals surface area contributed by atoms with E-state index in [1.54, 1.807) is 6.20 Å². The van der Waals surface area contributed by atoms with E-state index in [4.69, 9.17) is 18.0 Å². The third-order valence-corrected chi connectivity index (χ3v) is 3.73. The molecule has 23 heavy (non-hydrogen) atoms. The van der Waals surface area contributed by atoms with Gasteiger partial charge < -0.3 is 5.73 Å². The van der Waals surface area contributed by atoms with Crippen molar-refractivity contribution >= 4 is 28.8 Å². The van der Waals surface area contributed by atoms with Gasteiger partial charge in [0, 0.05) is 18.3 Å². The van der Waals surface area contributed by atoms with E-state index < -0.39 is 0 Å². The molecule has 0 amide bonds. The average Bonchev–Trinajstić information content (AvgIpc) is 2.58. The SMILES string of the molecule is NC(=S)N(c1ccccc1)c1ncccc1Cc1ccccc1. The first kappa shape index (κ1) is 15.2. The standard InChI is InChI=1S/C19H17N3S/c20-19(23)22(17-11-5-2-6-12-17)18-16(10-7-13-21-18)14-15-8-3-1-4-9-15/h1-13H,14H2,(H2,20,23). The van der Waals surface area contributed by atoms with Crippen molar-refractivity contribution in [2.24, 2.45) is 5.73 Å². The van der Waals surface area contributed by atoms with Crippen LogP contribution >= 0.6 is 12.2 Å².